The summed E-state index contributed by atoms with van der Waals surface area (Å²) in [4.78, 5) is 24.5. The monoisotopic (exact) mass is 485 g/mol. The highest BCUT2D eigenvalue weighted by atomic mass is 32.2. The van der Waals surface area contributed by atoms with Crippen molar-refractivity contribution in [1.82, 2.24) is 15.6 Å². The van der Waals surface area contributed by atoms with Crippen molar-refractivity contribution in [3.8, 4) is 5.75 Å². The van der Waals surface area contributed by atoms with Gasteiger partial charge in [-0.25, -0.2) is 12.8 Å². The van der Waals surface area contributed by atoms with E-state index < -0.39 is 38.6 Å². The van der Waals surface area contributed by atoms with E-state index in [0.717, 1.165) is 12.1 Å². The zero-order chi connectivity index (χ0) is 24.6. The molecular formula is C24H24FN3O5S. The van der Waals surface area contributed by atoms with E-state index in [1.165, 1.54) is 19.2 Å². The second-order valence-corrected chi connectivity index (χ2v) is 9.04. The molecule has 0 radical (unpaired) electrons. The average molecular weight is 486 g/mol. The molecule has 0 bridgehead atoms. The van der Waals surface area contributed by atoms with Crippen LogP contribution >= 0.6 is 0 Å². The molecule has 0 aliphatic rings. The lowest BCUT2D eigenvalue weighted by Crippen LogP contribution is -2.53. The quantitative estimate of drug-likeness (QED) is 0.402. The fourth-order valence-corrected chi connectivity index (χ4v) is 4.42. The predicted molar refractivity (Wildman–Crippen MR) is 124 cm³/mol. The minimum absolute atomic E-state index is 0.0191. The van der Waals surface area contributed by atoms with E-state index in [2.05, 4.69) is 15.6 Å². The SMILES string of the molecule is COc1ccc(CC(=O)NNC(=O)[C@H](Cc2ccccc2)NS(=O)(=O)c2ccccc2F)cc1. The van der Waals surface area contributed by atoms with Crippen LogP contribution in [0.15, 0.2) is 83.8 Å². The van der Waals surface area contributed by atoms with Gasteiger partial charge in [0.1, 0.15) is 22.5 Å². The van der Waals surface area contributed by atoms with Gasteiger partial charge in [0, 0.05) is 0 Å². The number of halogens is 1. The summed E-state index contributed by atoms with van der Waals surface area (Å²) in [6, 6.07) is 19.1. The number of rotatable bonds is 9. The molecule has 0 fully saturated rings. The molecule has 0 aliphatic carbocycles. The summed E-state index contributed by atoms with van der Waals surface area (Å²) in [5.41, 5.74) is 5.89. The zero-order valence-corrected chi connectivity index (χ0v) is 19.1. The molecule has 1 atom stereocenters. The first-order valence-electron chi connectivity index (χ1n) is 10.3. The van der Waals surface area contributed by atoms with Gasteiger partial charge in [-0.3, -0.25) is 20.4 Å². The van der Waals surface area contributed by atoms with Crippen LogP contribution in [0.1, 0.15) is 11.1 Å². The average Bonchev–Trinajstić information content (AvgIpc) is 2.83. The van der Waals surface area contributed by atoms with E-state index in [9.17, 15) is 22.4 Å². The number of amides is 2. The normalized spacial score (nSPS) is 11.9. The van der Waals surface area contributed by atoms with E-state index in [0.29, 0.717) is 16.9 Å². The van der Waals surface area contributed by atoms with Gasteiger partial charge in [0.2, 0.25) is 15.9 Å². The van der Waals surface area contributed by atoms with Gasteiger partial charge >= 0.3 is 0 Å². The Morgan fingerprint density at radius 3 is 2.18 bits per heavy atom. The van der Waals surface area contributed by atoms with Gasteiger partial charge in [-0.15, -0.1) is 0 Å². The maximum Gasteiger partial charge on any atom is 0.256 e. The van der Waals surface area contributed by atoms with Crippen LogP contribution in [0.25, 0.3) is 0 Å². The molecule has 8 nitrogen and oxygen atoms in total. The van der Waals surface area contributed by atoms with Crippen molar-refractivity contribution >= 4 is 21.8 Å². The summed E-state index contributed by atoms with van der Waals surface area (Å²) in [5.74, 6) is -1.61. The minimum Gasteiger partial charge on any atom is -0.497 e. The van der Waals surface area contributed by atoms with Crippen LogP contribution in [0.3, 0.4) is 0 Å². The second-order valence-electron chi connectivity index (χ2n) is 7.36. The molecule has 0 unspecified atom stereocenters. The van der Waals surface area contributed by atoms with Crippen molar-refractivity contribution in [3.63, 3.8) is 0 Å². The Morgan fingerprint density at radius 2 is 1.53 bits per heavy atom. The maximum atomic E-state index is 14.1. The lowest BCUT2D eigenvalue weighted by Gasteiger charge is -2.19. The van der Waals surface area contributed by atoms with Gasteiger partial charge in [0.15, 0.2) is 0 Å². The van der Waals surface area contributed by atoms with E-state index in [4.69, 9.17) is 4.74 Å². The highest BCUT2D eigenvalue weighted by Crippen LogP contribution is 2.15. The van der Waals surface area contributed by atoms with Gasteiger partial charge in [-0.05, 0) is 41.8 Å². The van der Waals surface area contributed by atoms with E-state index in [-0.39, 0.29) is 12.8 Å². The molecule has 0 heterocycles. The summed E-state index contributed by atoms with van der Waals surface area (Å²) in [7, 11) is -2.83. The highest BCUT2D eigenvalue weighted by molar-refractivity contribution is 7.89. The van der Waals surface area contributed by atoms with E-state index >= 15 is 0 Å². The van der Waals surface area contributed by atoms with Gasteiger partial charge in [0.25, 0.3) is 5.91 Å². The lowest BCUT2D eigenvalue weighted by atomic mass is 10.1. The first-order chi connectivity index (χ1) is 16.3. The Morgan fingerprint density at radius 1 is 0.882 bits per heavy atom. The van der Waals surface area contributed by atoms with Crippen molar-refractivity contribution in [1.29, 1.82) is 0 Å². The molecular weight excluding hydrogens is 461 g/mol. The van der Waals surface area contributed by atoms with Crippen LogP contribution in [0.5, 0.6) is 5.75 Å². The van der Waals surface area contributed by atoms with E-state index in [1.807, 2.05) is 0 Å². The number of hydrogen-bond donors (Lipinski definition) is 3. The molecule has 3 aromatic carbocycles. The maximum absolute atomic E-state index is 14.1. The number of carbonyl (C=O) groups excluding carboxylic acids is 2. The van der Waals surface area contributed by atoms with Crippen LogP contribution < -0.4 is 20.3 Å². The second kappa shape index (κ2) is 11.4. The molecule has 0 spiro atoms. The van der Waals surface area contributed by atoms with Crippen LogP contribution in [-0.4, -0.2) is 33.4 Å². The lowest BCUT2D eigenvalue weighted by molar-refractivity contribution is -0.129. The molecule has 0 aliphatic heterocycles. The third-order valence-electron chi connectivity index (χ3n) is 4.87. The largest absolute Gasteiger partial charge is 0.497 e. The number of methoxy groups -OCH3 is 1. The molecule has 0 saturated carbocycles. The molecule has 34 heavy (non-hydrogen) atoms. The van der Waals surface area contributed by atoms with Crippen molar-refractivity contribution in [3.05, 3.63) is 95.8 Å². The highest BCUT2D eigenvalue weighted by Gasteiger charge is 2.28. The summed E-state index contributed by atoms with van der Waals surface area (Å²) < 4.78 is 46.9. The molecule has 3 aromatic rings. The molecule has 3 rings (SSSR count). The van der Waals surface area contributed by atoms with Crippen LogP contribution in [0.4, 0.5) is 4.39 Å². The number of sulfonamides is 1. The van der Waals surface area contributed by atoms with Gasteiger partial charge < -0.3 is 4.74 Å². The molecule has 0 aromatic heterocycles. The topological polar surface area (TPSA) is 114 Å². The number of ether oxygens (including phenoxy) is 1. The Kier molecular flexibility index (Phi) is 8.34. The summed E-state index contributed by atoms with van der Waals surface area (Å²) in [6.07, 6.45) is -0.0384. The predicted octanol–water partition coefficient (Wildman–Crippen LogP) is 2.11. The standard InChI is InChI=1S/C24H24FN3O5S/c1-33-19-13-11-18(12-14-19)16-23(29)26-27-24(30)21(15-17-7-3-2-4-8-17)28-34(31,32)22-10-6-5-9-20(22)25/h2-14,21,28H,15-16H2,1H3,(H,26,29)(H,27,30)/t21-/m0/s1. The Balaban J connectivity index is 1.70. The number of carbonyl (C=O) groups is 2. The number of nitrogens with one attached hydrogen (secondary N) is 3. The molecule has 3 N–H and O–H groups in total. The molecule has 10 heteroatoms. The van der Waals surface area contributed by atoms with Crippen molar-refractivity contribution in [2.75, 3.05) is 7.11 Å². The van der Waals surface area contributed by atoms with Gasteiger partial charge in [0.05, 0.1) is 13.5 Å². The molecule has 178 valence electrons. The van der Waals surface area contributed by atoms with Crippen LogP contribution in [0.2, 0.25) is 0 Å². The van der Waals surface area contributed by atoms with Crippen LogP contribution in [0, 0.1) is 5.82 Å². The molecule has 0 saturated heterocycles. The first kappa shape index (κ1) is 24.9. The number of hydrazine groups is 1. The zero-order valence-electron chi connectivity index (χ0n) is 18.3. The van der Waals surface area contributed by atoms with Gasteiger partial charge in [-0.2, -0.15) is 4.72 Å². The third-order valence-corrected chi connectivity index (χ3v) is 6.38. The Bertz CT molecular complexity index is 1230. The van der Waals surface area contributed by atoms with E-state index in [1.54, 1.807) is 54.6 Å². The summed E-state index contributed by atoms with van der Waals surface area (Å²) >= 11 is 0. The summed E-state index contributed by atoms with van der Waals surface area (Å²) in [5, 5.41) is 0. The van der Waals surface area contributed by atoms with Crippen molar-refractivity contribution in [2.45, 2.75) is 23.8 Å². The summed E-state index contributed by atoms with van der Waals surface area (Å²) in [6.45, 7) is 0. The van der Waals surface area contributed by atoms with Gasteiger partial charge in [-0.1, -0.05) is 54.6 Å². The fourth-order valence-electron chi connectivity index (χ4n) is 3.14. The molecule has 2 amide bonds. The number of benzene rings is 3. The first-order valence-corrected chi connectivity index (χ1v) is 11.8. The Labute approximate surface area is 197 Å². The Hall–Kier alpha value is -3.76. The third kappa shape index (κ3) is 6.87. The van der Waals surface area contributed by atoms with Crippen molar-refractivity contribution < 1.29 is 27.1 Å². The van der Waals surface area contributed by atoms with Crippen LogP contribution in [-0.2, 0) is 32.5 Å². The van der Waals surface area contributed by atoms with Crippen molar-refractivity contribution in [2.24, 2.45) is 0 Å². The minimum atomic E-state index is -4.36. The smallest absolute Gasteiger partial charge is 0.256 e. The fraction of sp³-hybridized carbons (Fsp3) is 0.167. The number of hydrogen-bond acceptors (Lipinski definition) is 5.